The molecule has 2 atom stereocenters. The molecule has 0 bridgehead atoms. The molecule has 0 saturated carbocycles. The van der Waals surface area contributed by atoms with Crippen LogP contribution in [0.1, 0.15) is 19.8 Å². The lowest BCUT2D eigenvalue weighted by Crippen LogP contribution is -2.17. The molecule has 6 heteroatoms. The molecule has 0 aliphatic carbocycles. The first kappa shape index (κ1) is 14.1. The maximum atomic E-state index is 10.9. The van der Waals surface area contributed by atoms with E-state index in [2.05, 4.69) is 4.52 Å². The highest BCUT2D eigenvalue weighted by atomic mass is 31.1. The third kappa shape index (κ3) is 7.47. The van der Waals surface area contributed by atoms with Crippen molar-refractivity contribution in [2.45, 2.75) is 25.9 Å². The van der Waals surface area contributed by atoms with Gasteiger partial charge in [0.2, 0.25) is 0 Å². The molecule has 0 heterocycles. The van der Waals surface area contributed by atoms with Gasteiger partial charge in [-0.05, 0) is 19.4 Å². The molecule has 2 unspecified atom stereocenters. The lowest BCUT2D eigenvalue weighted by atomic mass is 10.3. The van der Waals surface area contributed by atoms with Crippen LogP contribution < -0.4 is 5.73 Å². The molecule has 5 nitrogen and oxygen atoms in total. The van der Waals surface area contributed by atoms with E-state index >= 15 is 0 Å². The molecule has 0 aromatic carbocycles. The Morgan fingerprint density at radius 2 is 2.21 bits per heavy atom. The van der Waals surface area contributed by atoms with Crippen LogP contribution in [0, 0.1) is 0 Å². The third-order valence-corrected chi connectivity index (χ3v) is 2.54. The van der Waals surface area contributed by atoms with Gasteiger partial charge in [-0.15, -0.1) is 0 Å². The Labute approximate surface area is 85.9 Å². The van der Waals surface area contributed by atoms with E-state index in [0.29, 0.717) is 19.8 Å². The minimum absolute atomic E-state index is 0.154. The quantitative estimate of drug-likeness (QED) is 0.471. The second-order valence-electron chi connectivity index (χ2n) is 2.82. The van der Waals surface area contributed by atoms with E-state index in [0.717, 1.165) is 12.8 Å². The fourth-order valence-electron chi connectivity index (χ4n) is 0.820. The van der Waals surface area contributed by atoms with Crippen molar-refractivity contribution in [1.29, 1.82) is 0 Å². The molecule has 0 aliphatic heterocycles. The Hall–Kier alpha value is 0.0700. The summed E-state index contributed by atoms with van der Waals surface area (Å²) >= 11 is 0. The van der Waals surface area contributed by atoms with Crippen LogP contribution in [0.5, 0.6) is 0 Å². The highest BCUT2D eigenvalue weighted by Gasteiger charge is 2.10. The Balaban J connectivity index is 3.52. The van der Waals surface area contributed by atoms with Crippen molar-refractivity contribution in [3.8, 4) is 0 Å². The predicted molar refractivity (Wildman–Crippen MR) is 55.7 cm³/mol. The van der Waals surface area contributed by atoms with Gasteiger partial charge in [0.05, 0.1) is 12.7 Å². The highest BCUT2D eigenvalue weighted by Crippen LogP contribution is 2.25. The zero-order valence-corrected chi connectivity index (χ0v) is 9.82. The molecule has 2 N–H and O–H groups in total. The van der Waals surface area contributed by atoms with Crippen LogP contribution in [0.3, 0.4) is 0 Å². The summed E-state index contributed by atoms with van der Waals surface area (Å²) < 4.78 is 25.9. The minimum atomic E-state index is -2.34. The lowest BCUT2D eigenvalue weighted by Gasteiger charge is -2.14. The van der Waals surface area contributed by atoms with Gasteiger partial charge < -0.3 is 19.5 Å². The molecule has 14 heavy (non-hydrogen) atoms. The fraction of sp³-hybridized carbons (Fsp3) is 1.00. The van der Waals surface area contributed by atoms with Crippen LogP contribution >= 0.6 is 8.25 Å². The molecular formula is C8H20NO4P. The second kappa shape index (κ2) is 9.62. The van der Waals surface area contributed by atoms with E-state index in [1.807, 2.05) is 6.92 Å². The molecule has 0 aromatic rings. The summed E-state index contributed by atoms with van der Waals surface area (Å²) in [7, 11) is -0.972. The van der Waals surface area contributed by atoms with Crippen LogP contribution in [-0.2, 0) is 18.3 Å². The standard InChI is InChI=1S/C8H20NO4P/c1-3-8(13-14(10)11-2)7-12-6-4-5-9/h8,14H,3-7,9H2,1-2H3. The molecule has 0 radical (unpaired) electrons. The SMILES string of the molecule is CCC(COCCCN)O[PH](=O)OC. The third-order valence-electron chi connectivity index (χ3n) is 1.68. The predicted octanol–water partition coefficient (Wildman–Crippen LogP) is 1.18. The normalized spacial score (nSPS) is 15.4. The summed E-state index contributed by atoms with van der Waals surface area (Å²) in [6.45, 7) is 3.62. The van der Waals surface area contributed by atoms with Crippen LogP contribution in [0.15, 0.2) is 0 Å². The zero-order chi connectivity index (χ0) is 10.8. The first-order valence-corrected chi connectivity index (χ1v) is 5.99. The molecular weight excluding hydrogens is 205 g/mol. The van der Waals surface area contributed by atoms with Crippen molar-refractivity contribution in [3.63, 3.8) is 0 Å². The van der Waals surface area contributed by atoms with Crippen molar-refractivity contribution in [2.24, 2.45) is 5.73 Å². The van der Waals surface area contributed by atoms with E-state index in [-0.39, 0.29) is 6.10 Å². The van der Waals surface area contributed by atoms with Gasteiger partial charge in [-0.1, -0.05) is 6.92 Å². The van der Waals surface area contributed by atoms with Crippen molar-refractivity contribution in [1.82, 2.24) is 0 Å². The van der Waals surface area contributed by atoms with Crippen molar-refractivity contribution in [3.05, 3.63) is 0 Å². The molecule has 0 spiro atoms. The topological polar surface area (TPSA) is 70.8 Å². The number of hydrogen-bond donors (Lipinski definition) is 1. The monoisotopic (exact) mass is 225 g/mol. The van der Waals surface area contributed by atoms with Gasteiger partial charge >= 0.3 is 8.25 Å². The van der Waals surface area contributed by atoms with Crippen molar-refractivity contribution < 1.29 is 18.3 Å². The van der Waals surface area contributed by atoms with Crippen LogP contribution in [-0.4, -0.2) is 33.0 Å². The van der Waals surface area contributed by atoms with Gasteiger partial charge in [0.25, 0.3) is 0 Å². The average molecular weight is 225 g/mol. The molecule has 0 rings (SSSR count). The minimum Gasteiger partial charge on any atom is -0.379 e. The zero-order valence-electron chi connectivity index (χ0n) is 8.82. The Morgan fingerprint density at radius 1 is 1.50 bits per heavy atom. The van der Waals surface area contributed by atoms with E-state index < -0.39 is 8.25 Å². The van der Waals surface area contributed by atoms with Crippen LogP contribution in [0.2, 0.25) is 0 Å². The summed E-state index contributed by atoms with van der Waals surface area (Å²) in [5.74, 6) is 0. The van der Waals surface area contributed by atoms with Crippen molar-refractivity contribution in [2.75, 3.05) is 26.9 Å². The maximum absolute atomic E-state index is 10.9. The number of rotatable bonds is 9. The van der Waals surface area contributed by atoms with Gasteiger partial charge in [-0.25, -0.2) is 0 Å². The lowest BCUT2D eigenvalue weighted by molar-refractivity contribution is 0.0445. The number of ether oxygens (including phenoxy) is 1. The first-order chi connectivity index (χ1) is 6.74. The Morgan fingerprint density at radius 3 is 2.71 bits per heavy atom. The molecule has 0 amide bonds. The van der Waals surface area contributed by atoms with Gasteiger partial charge in [0, 0.05) is 13.7 Å². The summed E-state index contributed by atoms with van der Waals surface area (Å²) in [5, 5.41) is 0. The van der Waals surface area contributed by atoms with Crippen LogP contribution in [0.4, 0.5) is 0 Å². The average Bonchev–Trinajstić information content (AvgIpc) is 2.22. The van der Waals surface area contributed by atoms with E-state index in [4.69, 9.17) is 15.0 Å². The van der Waals surface area contributed by atoms with Gasteiger partial charge in [0.15, 0.2) is 0 Å². The number of nitrogens with two attached hydrogens (primary N) is 1. The largest absolute Gasteiger partial charge is 0.379 e. The second-order valence-corrected chi connectivity index (χ2v) is 3.96. The summed E-state index contributed by atoms with van der Waals surface area (Å²) in [5.41, 5.74) is 5.30. The van der Waals surface area contributed by atoms with E-state index in [1.165, 1.54) is 7.11 Å². The van der Waals surface area contributed by atoms with Crippen LogP contribution in [0.25, 0.3) is 0 Å². The summed E-state index contributed by atoms with van der Waals surface area (Å²) in [4.78, 5) is 0. The molecule has 0 aromatic heterocycles. The Kier molecular flexibility index (Phi) is 9.67. The highest BCUT2D eigenvalue weighted by molar-refractivity contribution is 7.33. The van der Waals surface area contributed by atoms with E-state index in [1.54, 1.807) is 0 Å². The van der Waals surface area contributed by atoms with Crippen molar-refractivity contribution >= 4 is 8.25 Å². The first-order valence-electron chi connectivity index (χ1n) is 4.77. The molecule has 0 saturated heterocycles. The summed E-state index contributed by atoms with van der Waals surface area (Å²) in [6.07, 6.45) is 1.43. The van der Waals surface area contributed by atoms with E-state index in [9.17, 15) is 4.57 Å². The molecule has 86 valence electrons. The maximum Gasteiger partial charge on any atom is 0.319 e. The summed E-state index contributed by atoms with van der Waals surface area (Å²) in [6, 6.07) is 0. The number of hydrogen-bond acceptors (Lipinski definition) is 5. The molecule has 0 fully saturated rings. The fourth-order valence-corrected chi connectivity index (χ4v) is 1.42. The Bertz CT molecular complexity index is 156. The van der Waals surface area contributed by atoms with Gasteiger partial charge in [-0.2, -0.15) is 0 Å². The smallest absolute Gasteiger partial charge is 0.319 e. The van der Waals surface area contributed by atoms with Gasteiger partial charge in [-0.3, -0.25) is 4.57 Å². The molecule has 0 aliphatic rings. The van der Waals surface area contributed by atoms with Gasteiger partial charge in [0.1, 0.15) is 0 Å².